The molecule has 0 bridgehead atoms. The van der Waals surface area contributed by atoms with Gasteiger partial charge in [0.2, 0.25) is 5.25 Å². The minimum atomic E-state index is -1.24. The van der Waals surface area contributed by atoms with Crippen molar-refractivity contribution in [2.24, 2.45) is 0 Å². The van der Waals surface area contributed by atoms with Crippen molar-refractivity contribution in [1.82, 2.24) is 4.90 Å². The molecule has 0 saturated carbocycles. The van der Waals surface area contributed by atoms with E-state index in [2.05, 4.69) is 0 Å². The van der Waals surface area contributed by atoms with Gasteiger partial charge < -0.3 is 14.2 Å². The normalized spacial score (nSPS) is 14.2. The second-order valence-electron chi connectivity index (χ2n) is 3.53. The number of carbonyl (C=O) groups excluding carboxylic acids is 3. The van der Waals surface area contributed by atoms with Crippen LogP contribution in [0.4, 0.5) is 4.79 Å². The maximum atomic E-state index is 11.8. The first-order valence-corrected chi connectivity index (χ1v) is 7.28. The van der Waals surface area contributed by atoms with E-state index in [0.717, 1.165) is 11.8 Å². The van der Waals surface area contributed by atoms with Gasteiger partial charge in [-0.15, -0.1) is 0 Å². The standard InChI is InChI=1S/C11H15NO6S2/c1-3-16-8(13)7(9(14)17-4-2)20-11(19)12-5-6-18-10(12)15/h7H,3-6H2,1-2H3. The lowest BCUT2D eigenvalue weighted by Gasteiger charge is -2.18. The van der Waals surface area contributed by atoms with Gasteiger partial charge in [0.25, 0.3) is 0 Å². The first-order valence-electron chi connectivity index (χ1n) is 5.99. The molecule has 1 aliphatic heterocycles. The molecule has 1 fully saturated rings. The molecule has 0 aromatic rings. The number of cyclic esters (lactones) is 1. The van der Waals surface area contributed by atoms with Gasteiger partial charge in [-0.05, 0) is 13.8 Å². The number of amides is 1. The molecule has 1 aliphatic rings. The fourth-order valence-corrected chi connectivity index (χ4v) is 2.63. The van der Waals surface area contributed by atoms with E-state index in [1.807, 2.05) is 0 Å². The van der Waals surface area contributed by atoms with Crippen LogP contribution in [0.25, 0.3) is 0 Å². The molecule has 0 unspecified atom stereocenters. The molecule has 9 heteroatoms. The lowest BCUT2D eigenvalue weighted by atomic mass is 10.4. The molecule has 1 saturated heterocycles. The second-order valence-corrected chi connectivity index (χ2v) is 5.27. The smallest absolute Gasteiger partial charge is 0.415 e. The third-order valence-electron chi connectivity index (χ3n) is 2.20. The third-order valence-corrected chi connectivity index (χ3v) is 3.75. The predicted molar refractivity (Wildman–Crippen MR) is 75.3 cm³/mol. The first kappa shape index (κ1) is 16.7. The van der Waals surface area contributed by atoms with Crippen LogP contribution < -0.4 is 0 Å². The molecular formula is C11H15NO6S2. The van der Waals surface area contributed by atoms with E-state index >= 15 is 0 Å². The molecular weight excluding hydrogens is 306 g/mol. The molecule has 20 heavy (non-hydrogen) atoms. The molecule has 1 amide bonds. The van der Waals surface area contributed by atoms with Crippen LogP contribution in [0.5, 0.6) is 0 Å². The Kier molecular flexibility index (Phi) is 6.73. The minimum absolute atomic E-state index is 0.0820. The summed E-state index contributed by atoms with van der Waals surface area (Å²) in [4.78, 5) is 36.1. The van der Waals surface area contributed by atoms with E-state index in [1.165, 1.54) is 4.90 Å². The fraction of sp³-hybridized carbons (Fsp3) is 0.636. The highest BCUT2D eigenvalue weighted by Crippen LogP contribution is 2.21. The van der Waals surface area contributed by atoms with Crippen LogP contribution >= 0.6 is 24.0 Å². The summed E-state index contributed by atoms with van der Waals surface area (Å²) >= 11 is 5.80. The maximum absolute atomic E-state index is 11.8. The molecule has 112 valence electrons. The first-order chi connectivity index (χ1) is 9.51. The lowest BCUT2D eigenvalue weighted by Crippen LogP contribution is -2.36. The van der Waals surface area contributed by atoms with Crippen LogP contribution in [0.15, 0.2) is 0 Å². The Hall–Kier alpha value is -1.35. The fourth-order valence-electron chi connectivity index (χ4n) is 1.35. The molecule has 0 aliphatic carbocycles. The van der Waals surface area contributed by atoms with Crippen molar-refractivity contribution in [1.29, 1.82) is 0 Å². The number of hydrogen-bond donors (Lipinski definition) is 0. The van der Waals surface area contributed by atoms with Gasteiger partial charge in [-0.25, -0.2) is 4.79 Å². The van der Waals surface area contributed by atoms with Gasteiger partial charge in [0.05, 0.1) is 19.8 Å². The number of carbonyl (C=O) groups is 3. The average Bonchev–Trinajstić information content (AvgIpc) is 2.82. The zero-order valence-electron chi connectivity index (χ0n) is 11.1. The molecule has 7 nitrogen and oxygen atoms in total. The summed E-state index contributed by atoms with van der Waals surface area (Å²) in [5.41, 5.74) is 0. The van der Waals surface area contributed by atoms with E-state index in [1.54, 1.807) is 13.8 Å². The number of esters is 2. The molecule has 0 aromatic heterocycles. The van der Waals surface area contributed by atoms with Crippen LogP contribution in [-0.4, -0.2) is 58.9 Å². The molecule has 0 atom stereocenters. The molecule has 0 radical (unpaired) electrons. The van der Waals surface area contributed by atoms with Crippen LogP contribution in [0, 0.1) is 0 Å². The Morgan fingerprint density at radius 3 is 2.30 bits per heavy atom. The summed E-state index contributed by atoms with van der Waals surface area (Å²) < 4.78 is 14.4. The van der Waals surface area contributed by atoms with Crippen molar-refractivity contribution in [2.75, 3.05) is 26.4 Å². The monoisotopic (exact) mass is 321 g/mol. The van der Waals surface area contributed by atoms with Crippen molar-refractivity contribution < 1.29 is 28.6 Å². The minimum Gasteiger partial charge on any atom is -0.465 e. The van der Waals surface area contributed by atoms with Gasteiger partial charge in [-0.1, -0.05) is 24.0 Å². The maximum Gasteiger partial charge on any atom is 0.415 e. The average molecular weight is 321 g/mol. The van der Waals surface area contributed by atoms with Crippen LogP contribution in [0.1, 0.15) is 13.8 Å². The number of ether oxygens (including phenoxy) is 3. The van der Waals surface area contributed by atoms with Crippen molar-refractivity contribution in [3.8, 4) is 0 Å². The largest absolute Gasteiger partial charge is 0.465 e. The second kappa shape index (κ2) is 8.05. The van der Waals surface area contributed by atoms with Crippen LogP contribution in [0.2, 0.25) is 0 Å². The SMILES string of the molecule is CCOC(=O)C(SC(=S)N1CCOC1=O)C(=O)OCC. The topological polar surface area (TPSA) is 82.1 Å². The quantitative estimate of drug-likeness (QED) is 0.320. The zero-order chi connectivity index (χ0) is 15.1. The highest BCUT2D eigenvalue weighted by Gasteiger charge is 2.35. The summed E-state index contributed by atoms with van der Waals surface area (Å²) in [5.74, 6) is -1.49. The summed E-state index contributed by atoms with van der Waals surface area (Å²) in [6.07, 6.45) is -0.589. The van der Waals surface area contributed by atoms with Crippen molar-refractivity contribution in [2.45, 2.75) is 19.1 Å². The van der Waals surface area contributed by atoms with E-state index in [0.29, 0.717) is 6.54 Å². The predicted octanol–water partition coefficient (Wildman–Crippen LogP) is 0.951. The molecule has 0 aromatic carbocycles. The van der Waals surface area contributed by atoms with E-state index in [9.17, 15) is 14.4 Å². The Morgan fingerprint density at radius 1 is 1.35 bits per heavy atom. The number of nitrogens with zero attached hydrogens (tertiary/aromatic N) is 1. The summed E-state index contributed by atoms with van der Waals surface area (Å²) in [5, 5.41) is -1.24. The molecule has 1 rings (SSSR count). The molecule has 0 N–H and O–H groups in total. The Labute approximate surface area is 125 Å². The van der Waals surface area contributed by atoms with E-state index in [-0.39, 0.29) is 24.1 Å². The Balaban J connectivity index is 2.72. The molecule has 1 heterocycles. The summed E-state index contributed by atoms with van der Waals surface area (Å²) in [7, 11) is 0. The highest BCUT2D eigenvalue weighted by atomic mass is 32.2. The van der Waals surface area contributed by atoms with Gasteiger partial charge in [0.1, 0.15) is 10.9 Å². The van der Waals surface area contributed by atoms with Crippen molar-refractivity contribution >= 4 is 46.3 Å². The lowest BCUT2D eigenvalue weighted by molar-refractivity contribution is -0.152. The van der Waals surface area contributed by atoms with E-state index in [4.69, 9.17) is 26.4 Å². The highest BCUT2D eigenvalue weighted by molar-refractivity contribution is 8.24. The van der Waals surface area contributed by atoms with Gasteiger partial charge >= 0.3 is 18.0 Å². The van der Waals surface area contributed by atoms with Gasteiger partial charge in [0, 0.05) is 0 Å². The third kappa shape index (κ3) is 4.34. The van der Waals surface area contributed by atoms with Crippen LogP contribution in [-0.2, 0) is 23.8 Å². The Morgan fingerprint density at radius 2 is 1.90 bits per heavy atom. The Bertz CT molecular complexity index is 396. The van der Waals surface area contributed by atoms with Gasteiger partial charge in [-0.3, -0.25) is 14.5 Å². The van der Waals surface area contributed by atoms with Crippen molar-refractivity contribution in [3.63, 3.8) is 0 Å². The molecule has 0 spiro atoms. The van der Waals surface area contributed by atoms with Gasteiger partial charge in [-0.2, -0.15) is 0 Å². The number of hydrogen-bond acceptors (Lipinski definition) is 8. The summed E-state index contributed by atoms with van der Waals surface area (Å²) in [6.45, 7) is 4.04. The van der Waals surface area contributed by atoms with Crippen molar-refractivity contribution in [3.05, 3.63) is 0 Å². The number of thiocarbonyl (C=S) groups is 1. The summed E-state index contributed by atoms with van der Waals surface area (Å²) in [6, 6.07) is 0. The van der Waals surface area contributed by atoms with Gasteiger partial charge in [0.15, 0.2) is 0 Å². The number of thioether (sulfide) groups is 1. The van der Waals surface area contributed by atoms with E-state index < -0.39 is 23.3 Å². The zero-order valence-corrected chi connectivity index (χ0v) is 12.8. The number of rotatable bonds is 5. The van der Waals surface area contributed by atoms with Crippen LogP contribution in [0.3, 0.4) is 0 Å².